The number of hydrogen-bond donors (Lipinski definition) is 1. The van der Waals surface area contributed by atoms with E-state index in [4.69, 9.17) is 0 Å². The second kappa shape index (κ2) is 4.72. The van der Waals surface area contributed by atoms with Gasteiger partial charge in [0.1, 0.15) is 0 Å². The summed E-state index contributed by atoms with van der Waals surface area (Å²) in [6.07, 6.45) is 0. The van der Waals surface area contributed by atoms with Gasteiger partial charge in [-0.2, -0.15) is 0 Å². The van der Waals surface area contributed by atoms with E-state index in [9.17, 15) is 9.46 Å². The van der Waals surface area contributed by atoms with Crippen LogP contribution in [0.25, 0.3) is 0 Å². The molecule has 94 valence electrons. The van der Waals surface area contributed by atoms with Crippen molar-refractivity contribution in [3.05, 3.63) is 66.2 Å². The molecular weight excluding hydrogens is 243 g/mol. The van der Waals surface area contributed by atoms with Crippen LogP contribution in [0.5, 0.6) is 0 Å². The van der Waals surface area contributed by atoms with Crippen molar-refractivity contribution in [1.82, 2.24) is 0 Å². The highest BCUT2D eigenvalue weighted by Crippen LogP contribution is 2.58. The third-order valence-corrected chi connectivity index (χ3v) is 6.12. The van der Waals surface area contributed by atoms with E-state index in [0.29, 0.717) is 5.30 Å². The zero-order chi connectivity index (χ0) is 13.2. The van der Waals surface area contributed by atoms with Gasteiger partial charge in [-0.1, -0.05) is 48.5 Å². The highest BCUT2D eigenvalue weighted by atomic mass is 31.2. The average molecular weight is 260 g/mol. The van der Waals surface area contributed by atoms with Gasteiger partial charge in [-0.05, 0) is 31.5 Å². The first-order valence-electron chi connectivity index (χ1n) is 5.90. The molecule has 2 nitrogen and oxygen atoms in total. The minimum atomic E-state index is -3.47. The van der Waals surface area contributed by atoms with Crippen LogP contribution in [0.2, 0.25) is 0 Å². The molecule has 2 aromatic carbocycles. The molecule has 1 unspecified atom stereocenters. The quantitative estimate of drug-likeness (QED) is 0.857. The van der Waals surface area contributed by atoms with Crippen LogP contribution in [0.1, 0.15) is 19.4 Å². The molecule has 18 heavy (non-hydrogen) atoms. The van der Waals surface area contributed by atoms with E-state index < -0.39 is 12.5 Å². The third kappa shape index (κ3) is 2.14. The van der Waals surface area contributed by atoms with Gasteiger partial charge in [0.25, 0.3) is 0 Å². The molecule has 2 rings (SSSR count). The lowest BCUT2D eigenvalue weighted by atomic mass is 10.0. The summed E-state index contributed by atoms with van der Waals surface area (Å²) in [6, 6.07) is 18.3. The van der Waals surface area contributed by atoms with Crippen molar-refractivity contribution in [3.8, 4) is 0 Å². The van der Waals surface area contributed by atoms with Crippen LogP contribution >= 0.6 is 7.37 Å². The van der Waals surface area contributed by atoms with Gasteiger partial charge in [0.05, 0.1) is 5.16 Å². The molecule has 0 fully saturated rings. The molecule has 0 aliphatic heterocycles. The van der Waals surface area contributed by atoms with Gasteiger partial charge in [0, 0.05) is 5.30 Å². The molecule has 0 aliphatic carbocycles. The smallest absolute Gasteiger partial charge is 0.239 e. The number of hydrogen-bond acceptors (Lipinski definition) is 1. The molecule has 0 bridgehead atoms. The average Bonchev–Trinajstić information content (AvgIpc) is 2.40. The molecule has 2 aromatic rings. The molecule has 0 aromatic heterocycles. The van der Waals surface area contributed by atoms with Crippen molar-refractivity contribution >= 4 is 12.7 Å². The van der Waals surface area contributed by atoms with Crippen LogP contribution in [0.4, 0.5) is 0 Å². The van der Waals surface area contributed by atoms with Crippen LogP contribution in [0.3, 0.4) is 0 Å². The van der Waals surface area contributed by atoms with Crippen LogP contribution in [0, 0.1) is 0 Å². The largest absolute Gasteiger partial charge is 0.340 e. The molecule has 1 atom stereocenters. The Balaban J connectivity index is 2.51. The molecule has 0 amide bonds. The summed E-state index contributed by atoms with van der Waals surface area (Å²) in [5, 5.41) is -0.297. The summed E-state index contributed by atoms with van der Waals surface area (Å²) in [5.74, 6) is 0. The Labute approximate surface area is 108 Å². The fraction of sp³-hybridized carbons (Fsp3) is 0.200. The first kappa shape index (κ1) is 13.1. The normalized spacial score (nSPS) is 15.1. The summed E-state index contributed by atoms with van der Waals surface area (Å²) in [6.45, 7) is 3.63. The Bertz CT molecular complexity index is 562. The van der Waals surface area contributed by atoms with Crippen molar-refractivity contribution < 1.29 is 9.46 Å². The van der Waals surface area contributed by atoms with Crippen molar-refractivity contribution in [3.63, 3.8) is 0 Å². The van der Waals surface area contributed by atoms with E-state index in [1.54, 1.807) is 24.3 Å². The lowest BCUT2D eigenvalue weighted by Gasteiger charge is -2.31. The van der Waals surface area contributed by atoms with Gasteiger partial charge in [0.2, 0.25) is 7.37 Å². The zero-order valence-corrected chi connectivity index (χ0v) is 11.5. The first-order chi connectivity index (χ1) is 8.46. The number of benzene rings is 2. The van der Waals surface area contributed by atoms with Crippen molar-refractivity contribution in [2.24, 2.45) is 0 Å². The lowest BCUT2D eigenvalue weighted by molar-refractivity contribution is 0.453. The van der Waals surface area contributed by atoms with E-state index in [0.717, 1.165) is 5.56 Å². The van der Waals surface area contributed by atoms with E-state index >= 15 is 0 Å². The molecular formula is C15H17O2P. The van der Waals surface area contributed by atoms with Gasteiger partial charge in [-0.3, -0.25) is 4.57 Å². The molecule has 0 radical (unpaired) electrons. The standard InChI is InChI=1S/C15H17O2P/c1-15(2,13-9-5-3-6-10-13)18(16,17)14-11-7-4-8-12-14/h3-12H,1-2H3,(H,16,17). The van der Waals surface area contributed by atoms with Crippen LogP contribution in [-0.4, -0.2) is 4.89 Å². The fourth-order valence-corrected chi connectivity index (χ4v) is 3.69. The van der Waals surface area contributed by atoms with E-state index in [1.807, 2.05) is 50.2 Å². The predicted octanol–water partition coefficient (Wildman–Crippen LogP) is 3.52. The first-order valence-corrected chi connectivity index (χ1v) is 7.56. The minimum absolute atomic E-state index is 0.499. The molecule has 3 heteroatoms. The van der Waals surface area contributed by atoms with Gasteiger partial charge >= 0.3 is 0 Å². The Morgan fingerprint density at radius 3 is 1.83 bits per heavy atom. The fourth-order valence-electron chi connectivity index (χ4n) is 1.97. The second-order valence-electron chi connectivity index (χ2n) is 4.84. The summed E-state index contributed by atoms with van der Waals surface area (Å²) in [7, 11) is -3.47. The van der Waals surface area contributed by atoms with E-state index in [-0.39, 0.29) is 0 Å². The van der Waals surface area contributed by atoms with Crippen molar-refractivity contribution in [2.75, 3.05) is 0 Å². The SMILES string of the molecule is CC(C)(c1ccccc1)P(=O)(O)c1ccccc1. The molecule has 0 heterocycles. The summed E-state index contributed by atoms with van der Waals surface area (Å²) in [5.41, 5.74) is 0.875. The molecule has 0 saturated heterocycles. The zero-order valence-electron chi connectivity index (χ0n) is 10.6. The predicted molar refractivity (Wildman–Crippen MR) is 75.4 cm³/mol. The Hall–Kier alpha value is -1.37. The Morgan fingerprint density at radius 1 is 0.889 bits per heavy atom. The topological polar surface area (TPSA) is 37.3 Å². The summed E-state index contributed by atoms with van der Waals surface area (Å²) >= 11 is 0. The van der Waals surface area contributed by atoms with E-state index in [2.05, 4.69) is 0 Å². The Kier molecular flexibility index (Phi) is 3.43. The third-order valence-electron chi connectivity index (χ3n) is 3.34. The highest BCUT2D eigenvalue weighted by Gasteiger charge is 2.41. The van der Waals surface area contributed by atoms with E-state index in [1.165, 1.54) is 0 Å². The summed E-state index contributed by atoms with van der Waals surface area (Å²) in [4.78, 5) is 10.5. The van der Waals surface area contributed by atoms with Crippen molar-refractivity contribution in [2.45, 2.75) is 19.0 Å². The Morgan fingerprint density at radius 2 is 1.33 bits per heavy atom. The van der Waals surface area contributed by atoms with Gasteiger partial charge in [-0.15, -0.1) is 0 Å². The van der Waals surface area contributed by atoms with Crippen LogP contribution < -0.4 is 5.30 Å². The van der Waals surface area contributed by atoms with Gasteiger partial charge in [-0.25, -0.2) is 0 Å². The minimum Gasteiger partial charge on any atom is -0.340 e. The van der Waals surface area contributed by atoms with Gasteiger partial charge in [0.15, 0.2) is 0 Å². The maximum atomic E-state index is 12.8. The summed E-state index contributed by atoms with van der Waals surface area (Å²) < 4.78 is 12.8. The monoisotopic (exact) mass is 260 g/mol. The van der Waals surface area contributed by atoms with Crippen LogP contribution in [-0.2, 0) is 9.72 Å². The molecule has 0 aliphatic rings. The lowest BCUT2D eigenvalue weighted by Crippen LogP contribution is -2.24. The second-order valence-corrected chi connectivity index (χ2v) is 7.62. The maximum absolute atomic E-state index is 12.8. The molecule has 1 N–H and O–H groups in total. The van der Waals surface area contributed by atoms with Gasteiger partial charge < -0.3 is 4.89 Å². The maximum Gasteiger partial charge on any atom is 0.239 e. The van der Waals surface area contributed by atoms with Crippen molar-refractivity contribution in [1.29, 1.82) is 0 Å². The molecule has 0 spiro atoms. The highest BCUT2D eigenvalue weighted by molar-refractivity contribution is 7.67. The molecule has 0 saturated carbocycles. The van der Waals surface area contributed by atoms with Crippen LogP contribution in [0.15, 0.2) is 60.7 Å². The number of rotatable bonds is 3.